The minimum atomic E-state index is 0.484. The van der Waals surface area contributed by atoms with Gasteiger partial charge in [0.25, 0.3) is 0 Å². The van der Waals surface area contributed by atoms with E-state index >= 15 is 0 Å². The normalized spacial score (nSPS) is 20.2. The number of benzene rings is 1. The van der Waals surface area contributed by atoms with Crippen LogP contribution in [0.5, 0.6) is 5.75 Å². The summed E-state index contributed by atoms with van der Waals surface area (Å²) in [4.78, 5) is 2.44. The summed E-state index contributed by atoms with van der Waals surface area (Å²) in [5.41, 5.74) is 2.77. The van der Waals surface area contributed by atoms with Crippen LogP contribution in [0.1, 0.15) is 25.3 Å². The molecule has 1 N–H and O–H groups in total. The minimum absolute atomic E-state index is 0.484. The van der Waals surface area contributed by atoms with E-state index in [1.165, 1.54) is 11.3 Å². The summed E-state index contributed by atoms with van der Waals surface area (Å²) >= 11 is 0. The molecule has 1 aromatic rings. The zero-order chi connectivity index (χ0) is 12.4. The molecule has 0 fully saturated rings. The third-order valence-electron chi connectivity index (χ3n) is 3.83. The van der Waals surface area contributed by atoms with Crippen LogP contribution in [-0.2, 0) is 0 Å². The van der Waals surface area contributed by atoms with Gasteiger partial charge in [0.05, 0.1) is 7.11 Å². The van der Waals surface area contributed by atoms with E-state index in [0.29, 0.717) is 12.0 Å². The molecule has 2 unspecified atom stereocenters. The van der Waals surface area contributed by atoms with Gasteiger partial charge in [-0.1, -0.05) is 0 Å². The van der Waals surface area contributed by atoms with Crippen LogP contribution >= 0.6 is 0 Å². The molecule has 0 spiro atoms. The van der Waals surface area contributed by atoms with E-state index in [9.17, 15) is 0 Å². The summed E-state index contributed by atoms with van der Waals surface area (Å²) < 4.78 is 5.33. The first kappa shape index (κ1) is 12.2. The van der Waals surface area contributed by atoms with E-state index in [-0.39, 0.29) is 0 Å². The number of hydrogen-bond acceptors (Lipinski definition) is 3. The Morgan fingerprint density at radius 1 is 1.53 bits per heavy atom. The molecular formula is C14H22N2O. The average Bonchev–Trinajstić information content (AvgIpc) is 2.75. The molecule has 0 saturated carbocycles. The number of likely N-dealkylation sites (N-methyl/N-ethyl adjacent to an activating group) is 2. The third-order valence-corrected chi connectivity index (χ3v) is 3.83. The van der Waals surface area contributed by atoms with Crippen molar-refractivity contribution in [3.8, 4) is 5.75 Å². The lowest BCUT2D eigenvalue weighted by Crippen LogP contribution is -2.32. The van der Waals surface area contributed by atoms with Crippen molar-refractivity contribution in [3.05, 3.63) is 23.8 Å². The van der Waals surface area contributed by atoms with Crippen molar-refractivity contribution in [3.63, 3.8) is 0 Å². The van der Waals surface area contributed by atoms with Gasteiger partial charge in [0.1, 0.15) is 5.75 Å². The van der Waals surface area contributed by atoms with Gasteiger partial charge in [-0.2, -0.15) is 0 Å². The quantitative estimate of drug-likeness (QED) is 0.864. The monoisotopic (exact) mass is 234 g/mol. The number of fused-ring (bicyclic) bond motifs is 1. The number of nitrogens with one attached hydrogen (secondary N) is 1. The number of nitrogens with zero attached hydrogens (tertiary/aromatic N) is 1. The van der Waals surface area contributed by atoms with Gasteiger partial charge in [-0.15, -0.1) is 0 Å². The molecule has 3 heteroatoms. The Bertz CT molecular complexity index is 392. The second-order valence-corrected chi connectivity index (χ2v) is 4.65. The van der Waals surface area contributed by atoms with Crippen LogP contribution in [0.2, 0.25) is 0 Å². The zero-order valence-electron chi connectivity index (χ0n) is 11.2. The largest absolute Gasteiger partial charge is 0.497 e. The fourth-order valence-corrected chi connectivity index (χ4v) is 2.61. The van der Waals surface area contributed by atoms with Gasteiger partial charge in [0.15, 0.2) is 0 Å². The molecular weight excluding hydrogens is 212 g/mol. The van der Waals surface area contributed by atoms with Crippen molar-refractivity contribution in [2.24, 2.45) is 0 Å². The van der Waals surface area contributed by atoms with Crippen LogP contribution in [0, 0.1) is 0 Å². The number of hydrogen-bond donors (Lipinski definition) is 1. The van der Waals surface area contributed by atoms with Crippen molar-refractivity contribution in [2.45, 2.75) is 25.8 Å². The molecule has 0 aliphatic carbocycles. The molecule has 0 saturated heterocycles. The standard InChI is InChI=1S/C14H22N2O/c1-5-16-9-13(10(2)15-3)12-8-11(17-4)6-7-14(12)16/h6-8,10,13,15H,5,9H2,1-4H3. The molecule has 2 rings (SSSR count). The van der Waals surface area contributed by atoms with E-state index in [2.05, 4.69) is 36.2 Å². The lowest BCUT2D eigenvalue weighted by molar-refractivity contribution is 0.413. The maximum absolute atomic E-state index is 5.33. The minimum Gasteiger partial charge on any atom is -0.497 e. The van der Waals surface area contributed by atoms with Crippen molar-refractivity contribution >= 4 is 5.69 Å². The van der Waals surface area contributed by atoms with Crippen LogP contribution in [0.25, 0.3) is 0 Å². The van der Waals surface area contributed by atoms with E-state index < -0.39 is 0 Å². The number of anilines is 1. The Balaban J connectivity index is 2.38. The first-order chi connectivity index (χ1) is 8.21. The van der Waals surface area contributed by atoms with Crippen molar-refractivity contribution in [1.29, 1.82) is 0 Å². The molecule has 0 aromatic heterocycles. The average molecular weight is 234 g/mol. The van der Waals surface area contributed by atoms with Crippen LogP contribution in [0.4, 0.5) is 5.69 Å². The lowest BCUT2D eigenvalue weighted by atomic mass is 9.94. The van der Waals surface area contributed by atoms with Gasteiger partial charge in [0.2, 0.25) is 0 Å². The van der Waals surface area contributed by atoms with Gasteiger partial charge in [-0.05, 0) is 44.7 Å². The molecule has 0 amide bonds. The van der Waals surface area contributed by atoms with Crippen molar-refractivity contribution < 1.29 is 4.74 Å². The molecule has 1 aliphatic heterocycles. The van der Waals surface area contributed by atoms with Crippen LogP contribution in [0.15, 0.2) is 18.2 Å². The molecule has 2 atom stereocenters. The van der Waals surface area contributed by atoms with E-state index in [0.717, 1.165) is 18.8 Å². The highest BCUT2D eigenvalue weighted by Crippen LogP contribution is 2.39. The third kappa shape index (κ3) is 2.12. The highest BCUT2D eigenvalue weighted by Gasteiger charge is 2.31. The predicted octanol–water partition coefficient (Wildman–Crippen LogP) is 2.23. The molecule has 3 nitrogen and oxygen atoms in total. The lowest BCUT2D eigenvalue weighted by Gasteiger charge is -2.20. The van der Waals surface area contributed by atoms with Crippen LogP contribution in [0.3, 0.4) is 0 Å². The highest BCUT2D eigenvalue weighted by molar-refractivity contribution is 5.62. The second-order valence-electron chi connectivity index (χ2n) is 4.65. The van der Waals surface area contributed by atoms with Crippen LogP contribution in [-0.4, -0.2) is 33.3 Å². The Morgan fingerprint density at radius 2 is 2.29 bits per heavy atom. The van der Waals surface area contributed by atoms with Crippen molar-refractivity contribution in [1.82, 2.24) is 5.32 Å². The van der Waals surface area contributed by atoms with Gasteiger partial charge >= 0.3 is 0 Å². The Hall–Kier alpha value is -1.22. The van der Waals surface area contributed by atoms with Gasteiger partial charge in [0, 0.05) is 30.7 Å². The first-order valence-corrected chi connectivity index (χ1v) is 6.31. The molecule has 0 bridgehead atoms. The Labute approximate surface area is 104 Å². The fourth-order valence-electron chi connectivity index (χ4n) is 2.61. The molecule has 1 heterocycles. The maximum atomic E-state index is 5.33. The van der Waals surface area contributed by atoms with Crippen LogP contribution < -0.4 is 15.0 Å². The Kier molecular flexibility index (Phi) is 3.57. The summed E-state index contributed by atoms with van der Waals surface area (Å²) in [6, 6.07) is 6.90. The van der Waals surface area contributed by atoms with E-state index in [1.54, 1.807) is 7.11 Å². The SMILES string of the molecule is CCN1CC(C(C)NC)c2cc(OC)ccc21. The first-order valence-electron chi connectivity index (χ1n) is 6.31. The summed E-state index contributed by atoms with van der Waals surface area (Å²) in [7, 11) is 3.75. The highest BCUT2D eigenvalue weighted by atomic mass is 16.5. The van der Waals surface area contributed by atoms with E-state index in [4.69, 9.17) is 4.74 Å². The summed E-state index contributed by atoms with van der Waals surface area (Å²) in [5, 5.41) is 3.36. The van der Waals surface area contributed by atoms with Gasteiger partial charge < -0.3 is 15.0 Å². The summed E-state index contributed by atoms with van der Waals surface area (Å²) in [6.45, 7) is 6.61. The second kappa shape index (κ2) is 4.96. The summed E-state index contributed by atoms with van der Waals surface area (Å²) in [5.74, 6) is 1.50. The van der Waals surface area contributed by atoms with Crippen molar-refractivity contribution in [2.75, 3.05) is 32.1 Å². The molecule has 94 valence electrons. The molecule has 1 aliphatic rings. The zero-order valence-corrected chi connectivity index (χ0v) is 11.2. The molecule has 17 heavy (non-hydrogen) atoms. The van der Waals surface area contributed by atoms with Gasteiger partial charge in [-0.3, -0.25) is 0 Å². The number of rotatable bonds is 4. The fraction of sp³-hybridized carbons (Fsp3) is 0.571. The number of ether oxygens (including phenoxy) is 1. The smallest absolute Gasteiger partial charge is 0.119 e. The van der Waals surface area contributed by atoms with Gasteiger partial charge in [-0.25, -0.2) is 0 Å². The predicted molar refractivity (Wildman–Crippen MR) is 72.1 cm³/mol. The maximum Gasteiger partial charge on any atom is 0.119 e. The molecule has 0 radical (unpaired) electrons. The molecule has 1 aromatic carbocycles. The Morgan fingerprint density at radius 3 is 2.88 bits per heavy atom. The summed E-state index contributed by atoms with van der Waals surface area (Å²) in [6.07, 6.45) is 0. The topological polar surface area (TPSA) is 24.5 Å². The number of methoxy groups -OCH3 is 1. The van der Waals surface area contributed by atoms with E-state index in [1.807, 2.05) is 13.1 Å².